The molecule has 1 atom stereocenters. The van der Waals surface area contributed by atoms with Crippen molar-refractivity contribution in [1.82, 2.24) is 5.32 Å². The second-order valence-electron chi connectivity index (χ2n) is 4.65. The quantitative estimate of drug-likeness (QED) is 0.893. The molecule has 0 radical (unpaired) electrons. The lowest BCUT2D eigenvalue weighted by Crippen LogP contribution is -2.32. The van der Waals surface area contributed by atoms with Crippen molar-refractivity contribution in [3.8, 4) is 0 Å². The van der Waals surface area contributed by atoms with Gasteiger partial charge in [-0.15, -0.1) is 0 Å². The van der Waals surface area contributed by atoms with Crippen LogP contribution in [-0.2, 0) is 4.74 Å². The molecule has 18 heavy (non-hydrogen) atoms. The zero-order chi connectivity index (χ0) is 13.0. The van der Waals surface area contributed by atoms with Crippen LogP contribution in [0.15, 0.2) is 18.2 Å². The lowest BCUT2D eigenvalue weighted by molar-refractivity contribution is 0.0533. The van der Waals surface area contributed by atoms with E-state index in [0.29, 0.717) is 11.5 Å². The number of hydrogen-bond donors (Lipinski definition) is 1. The summed E-state index contributed by atoms with van der Waals surface area (Å²) in [5.74, 6) is -0.649. The largest absolute Gasteiger partial charge is 0.381 e. The number of nitrogens with one attached hydrogen (secondary N) is 1. The van der Waals surface area contributed by atoms with Gasteiger partial charge in [0.2, 0.25) is 0 Å². The first-order valence-electron chi connectivity index (χ1n) is 6.48. The topological polar surface area (TPSA) is 21.3 Å². The van der Waals surface area contributed by atoms with E-state index in [9.17, 15) is 8.78 Å². The summed E-state index contributed by atoms with van der Waals surface area (Å²) in [6.45, 7) is 4.19. The fraction of sp³-hybridized carbons (Fsp3) is 0.571. The number of rotatable bonds is 4. The van der Waals surface area contributed by atoms with Crippen LogP contribution in [0.2, 0.25) is 0 Å². The molecule has 1 unspecified atom stereocenters. The lowest BCUT2D eigenvalue weighted by Gasteiger charge is -2.31. The van der Waals surface area contributed by atoms with Crippen molar-refractivity contribution in [2.45, 2.75) is 25.8 Å². The van der Waals surface area contributed by atoms with Gasteiger partial charge in [0.15, 0.2) is 0 Å². The molecule has 2 nitrogen and oxygen atoms in total. The van der Waals surface area contributed by atoms with Crippen LogP contribution < -0.4 is 5.32 Å². The molecule has 1 saturated heterocycles. The van der Waals surface area contributed by atoms with E-state index in [1.807, 2.05) is 6.92 Å². The third-order valence-corrected chi connectivity index (χ3v) is 3.46. The van der Waals surface area contributed by atoms with Gasteiger partial charge < -0.3 is 10.1 Å². The summed E-state index contributed by atoms with van der Waals surface area (Å²) in [7, 11) is 0. The van der Waals surface area contributed by atoms with E-state index in [4.69, 9.17) is 4.74 Å². The number of benzene rings is 1. The zero-order valence-corrected chi connectivity index (χ0v) is 10.6. The summed E-state index contributed by atoms with van der Waals surface area (Å²) in [4.78, 5) is 0. The first-order chi connectivity index (χ1) is 8.72. The fourth-order valence-corrected chi connectivity index (χ4v) is 2.55. The van der Waals surface area contributed by atoms with E-state index >= 15 is 0 Å². The Hall–Kier alpha value is -1.00. The van der Waals surface area contributed by atoms with Crippen molar-refractivity contribution in [3.05, 3.63) is 35.4 Å². The monoisotopic (exact) mass is 255 g/mol. The van der Waals surface area contributed by atoms with Crippen molar-refractivity contribution in [3.63, 3.8) is 0 Å². The van der Waals surface area contributed by atoms with Gasteiger partial charge >= 0.3 is 0 Å². The Morgan fingerprint density at radius 1 is 1.33 bits per heavy atom. The maximum absolute atomic E-state index is 13.9. The van der Waals surface area contributed by atoms with Crippen molar-refractivity contribution >= 4 is 0 Å². The maximum atomic E-state index is 13.9. The Balaban J connectivity index is 2.22. The molecule has 0 spiro atoms. The van der Waals surface area contributed by atoms with E-state index in [0.717, 1.165) is 38.7 Å². The van der Waals surface area contributed by atoms with Gasteiger partial charge in [0.25, 0.3) is 0 Å². The molecule has 2 rings (SSSR count). The Morgan fingerprint density at radius 2 is 2.06 bits per heavy atom. The van der Waals surface area contributed by atoms with E-state index in [1.54, 1.807) is 6.07 Å². The van der Waals surface area contributed by atoms with Crippen LogP contribution in [0.3, 0.4) is 0 Å². The van der Waals surface area contributed by atoms with E-state index in [1.165, 1.54) is 6.07 Å². The van der Waals surface area contributed by atoms with Crippen LogP contribution in [0.25, 0.3) is 0 Å². The number of ether oxygens (including phenoxy) is 1. The summed E-state index contributed by atoms with van der Waals surface area (Å²) in [5.41, 5.74) is 0.560. The normalized spacial score (nSPS) is 18.8. The molecule has 1 aromatic rings. The van der Waals surface area contributed by atoms with Gasteiger partial charge in [-0.25, -0.2) is 8.78 Å². The van der Waals surface area contributed by atoms with Crippen LogP contribution >= 0.6 is 0 Å². The highest BCUT2D eigenvalue weighted by Gasteiger charge is 2.26. The Kier molecular flexibility index (Phi) is 4.66. The smallest absolute Gasteiger partial charge is 0.130 e. The Labute approximate surface area is 106 Å². The predicted molar refractivity (Wildman–Crippen MR) is 66.3 cm³/mol. The molecule has 4 heteroatoms. The summed E-state index contributed by atoms with van der Waals surface area (Å²) in [6.07, 6.45) is 1.82. The molecule has 0 aliphatic carbocycles. The highest BCUT2D eigenvalue weighted by atomic mass is 19.1. The first-order valence-corrected chi connectivity index (χ1v) is 6.48. The standard InChI is InChI=1S/C14H19F2NO/c1-2-17-14(10-5-7-18-8-6-10)12-4-3-11(15)9-13(12)16/h3-4,9-10,14,17H,2,5-8H2,1H3. The zero-order valence-electron chi connectivity index (χ0n) is 10.6. The SMILES string of the molecule is CCNC(c1ccc(F)cc1F)C1CCOCC1. The van der Waals surface area contributed by atoms with E-state index < -0.39 is 11.6 Å². The molecule has 1 aromatic carbocycles. The maximum Gasteiger partial charge on any atom is 0.130 e. The van der Waals surface area contributed by atoms with Gasteiger partial charge in [-0.2, -0.15) is 0 Å². The second kappa shape index (κ2) is 6.25. The summed E-state index contributed by atoms with van der Waals surface area (Å²) in [5, 5.41) is 3.31. The third-order valence-electron chi connectivity index (χ3n) is 3.46. The average Bonchev–Trinajstić information content (AvgIpc) is 2.38. The van der Waals surface area contributed by atoms with E-state index in [2.05, 4.69) is 5.32 Å². The summed E-state index contributed by atoms with van der Waals surface area (Å²) < 4.78 is 32.2. The van der Waals surface area contributed by atoms with Gasteiger partial charge in [-0.1, -0.05) is 13.0 Å². The van der Waals surface area contributed by atoms with Gasteiger partial charge in [0.1, 0.15) is 11.6 Å². The highest BCUT2D eigenvalue weighted by molar-refractivity contribution is 5.23. The molecular weight excluding hydrogens is 236 g/mol. The molecule has 100 valence electrons. The van der Waals surface area contributed by atoms with Crippen molar-refractivity contribution < 1.29 is 13.5 Å². The molecule has 0 saturated carbocycles. The molecule has 1 aliphatic heterocycles. The van der Waals surface area contributed by atoms with Crippen LogP contribution in [0, 0.1) is 17.6 Å². The average molecular weight is 255 g/mol. The van der Waals surface area contributed by atoms with Crippen molar-refractivity contribution in [2.24, 2.45) is 5.92 Å². The number of halogens is 2. The van der Waals surface area contributed by atoms with Crippen molar-refractivity contribution in [2.75, 3.05) is 19.8 Å². The molecular formula is C14H19F2NO. The highest BCUT2D eigenvalue weighted by Crippen LogP contribution is 2.31. The second-order valence-corrected chi connectivity index (χ2v) is 4.65. The Bertz CT molecular complexity index is 391. The number of hydrogen-bond acceptors (Lipinski definition) is 2. The van der Waals surface area contributed by atoms with Gasteiger partial charge in [0, 0.05) is 30.9 Å². The minimum atomic E-state index is -0.529. The molecule has 1 N–H and O–H groups in total. The minimum absolute atomic E-state index is 0.0560. The molecule has 1 aliphatic rings. The minimum Gasteiger partial charge on any atom is -0.381 e. The van der Waals surface area contributed by atoms with Gasteiger partial charge in [-0.05, 0) is 31.4 Å². The first kappa shape index (κ1) is 13.4. The van der Waals surface area contributed by atoms with Crippen LogP contribution in [0.5, 0.6) is 0 Å². The summed E-state index contributed by atoms with van der Waals surface area (Å²) >= 11 is 0. The van der Waals surface area contributed by atoms with Gasteiger partial charge in [0.05, 0.1) is 0 Å². The molecule has 1 heterocycles. The fourth-order valence-electron chi connectivity index (χ4n) is 2.55. The van der Waals surface area contributed by atoms with Gasteiger partial charge in [-0.3, -0.25) is 0 Å². The molecule has 0 bridgehead atoms. The van der Waals surface area contributed by atoms with E-state index in [-0.39, 0.29) is 6.04 Å². The molecule has 0 amide bonds. The van der Waals surface area contributed by atoms with Crippen LogP contribution in [-0.4, -0.2) is 19.8 Å². The lowest BCUT2D eigenvalue weighted by atomic mass is 9.87. The predicted octanol–water partition coefficient (Wildman–Crippen LogP) is 3.04. The Morgan fingerprint density at radius 3 is 2.67 bits per heavy atom. The molecule has 1 fully saturated rings. The van der Waals surface area contributed by atoms with Crippen molar-refractivity contribution in [1.29, 1.82) is 0 Å². The van der Waals surface area contributed by atoms with Crippen LogP contribution in [0.4, 0.5) is 8.78 Å². The van der Waals surface area contributed by atoms with Crippen LogP contribution in [0.1, 0.15) is 31.4 Å². The third kappa shape index (κ3) is 3.06. The molecule has 0 aromatic heterocycles. The summed E-state index contributed by atoms with van der Waals surface area (Å²) in [6, 6.07) is 3.77.